The average Bonchev–Trinajstić information content (AvgIpc) is 2.03. The summed E-state index contributed by atoms with van der Waals surface area (Å²) in [6.07, 6.45) is 0.301. The summed E-state index contributed by atoms with van der Waals surface area (Å²) in [5, 5.41) is 11.4. The van der Waals surface area contributed by atoms with Gasteiger partial charge in [0, 0.05) is 6.42 Å². The van der Waals surface area contributed by atoms with Crippen LogP contribution in [-0.4, -0.2) is 22.5 Å². The quantitative estimate of drug-likeness (QED) is 0.690. The smallest absolute Gasteiger partial charge is 0.329 e. The van der Waals surface area contributed by atoms with Gasteiger partial charge in [-0.15, -0.1) is 0 Å². The van der Waals surface area contributed by atoms with Gasteiger partial charge in [0.15, 0.2) is 0 Å². The van der Waals surface area contributed by atoms with Crippen molar-refractivity contribution < 1.29 is 14.7 Å². The Morgan fingerprint density at radius 1 is 1.46 bits per heavy atom. The van der Waals surface area contributed by atoms with Crippen LogP contribution < -0.4 is 5.32 Å². The Bertz CT molecular complexity index is 213. The molecule has 0 saturated heterocycles. The van der Waals surface area contributed by atoms with E-state index in [1.165, 1.54) is 6.92 Å². The Kier molecular flexibility index (Phi) is 3.91. The van der Waals surface area contributed by atoms with Crippen molar-refractivity contribution in [3.05, 3.63) is 0 Å². The second-order valence-electron chi connectivity index (χ2n) is 3.56. The predicted octanol–water partition coefficient (Wildman–Crippen LogP) is 1.01. The molecule has 76 valence electrons. The van der Waals surface area contributed by atoms with Crippen molar-refractivity contribution in [3.8, 4) is 0 Å². The Morgan fingerprint density at radius 2 is 1.92 bits per heavy atom. The molecule has 13 heavy (non-hydrogen) atoms. The molecule has 0 heterocycles. The zero-order valence-electron chi connectivity index (χ0n) is 8.55. The van der Waals surface area contributed by atoms with Crippen molar-refractivity contribution in [1.82, 2.24) is 5.32 Å². The van der Waals surface area contributed by atoms with E-state index in [0.29, 0.717) is 6.42 Å². The molecule has 0 aromatic carbocycles. The molecule has 1 unspecified atom stereocenters. The van der Waals surface area contributed by atoms with E-state index < -0.39 is 11.5 Å². The first-order valence-corrected chi connectivity index (χ1v) is 4.39. The van der Waals surface area contributed by atoms with Gasteiger partial charge in [0.2, 0.25) is 5.91 Å². The van der Waals surface area contributed by atoms with E-state index in [1.807, 2.05) is 0 Å². The van der Waals surface area contributed by atoms with E-state index in [0.717, 1.165) is 0 Å². The maximum Gasteiger partial charge on any atom is 0.329 e. The molecule has 4 nitrogen and oxygen atoms in total. The van der Waals surface area contributed by atoms with E-state index in [1.54, 1.807) is 20.8 Å². The fourth-order valence-electron chi connectivity index (χ4n) is 0.823. The molecule has 0 aliphatic rings. The summed E-state index contributed by atoms with van der Waals surface area (Å²) in [6, 6.07) is 0. The number of hydrogen-bond donors (Lipinski definition) is 2. The number of carboxylic acid groups (broad SMARTS) is 1. The van der Waals surface area contributed by atoms with Gasteiger partial charge in [0.25, 0.3) is 0 Å². The molecule has 4 heteroatoms. The van der Waals surface area contributed by atoms with Crippen LogP contribution in [-0.2, 0) is 9.59 Å². The highest BCUT2D eigenvalue weighted by Gasteiger charge is 2.37. The Labute approximate surface area is 78.3 Å². The van der Waals surface area contributed by atoms with Crippen molar-refractivity contribution in [2.75, 3.05) is 0 Å². The van der Waals surface area contributed by atoms with Crippen LogP contribution in [0, 0.1) is 5.92 Å². The predicted molar refractivity (Wildman–Crippen MR) is 49.3 cm³/mol. The highest BCUT2D eigenvalue weighted by Crippen LogP contribution is 2.16. The number of nitrogens with one attached hydrogen (secondary N) is 1. The van der Waals surface area contributed by atoms with Crippen LogP contribution in [0.2, 0.25) is 0 Å². The van der Waals surface area contributed by atoms with Gasteiger partial charge in [-0.25, -0.2) is 4.79 Å². The molecule has 1 amide bonds. The van der Waals surface area contributed by atoms with E-state index in [9.17, 15) is 9.59 Å². The lowest BCUT2D eigenvalue weighted by Gasteiger charge is -2.29. The zero-order valence-corrected chi connectivity index (χ0v) is 8.55. The number of hydrogen-bond acceptors (Lipinski definition) is 2. The molecule has 0 aromatic rings. The normalized spacial score (nSPS) is 15.2. The number of carbonyl (C=O) groups is 2. The topological polar surface area (TPSA) is 66.4 Å². The molecule has 0 aliphatic heterocycles. The van der Waals surface area contributed by atoms with E-state index in [-0.39, 0.29) is 11.8 Å². The molecule has 0 spiro atoms. The molecule has 0 radical (unpaired) electrons. The summed E-state index contributed by atoms with van der Waals surface area (Å²) in [5.41, 5.74) is -1.16. The summed E-state index contributed by atoms with van der Waals surface area (Å²) in [7, 11) is 0. The Morgan fingerprint density at radius 3 is 2.15 bits per heavy atom. The Hall–Kier alpha value is -1.06. The monoisotopic (exact) mass is 187 g/mol. The van der Waals surface area contributed by atoms with Crippen molar-refractivity contribution in [2.24, 2.45) is 5.92 Å². The second-order valence-corrected chi connectivity index (χ2v) is 3.56. The molecule has 0 fully saturated rings. The lowest BCUT2D eigenvalue weighted by molar-refractivity contribution is -0.148. The van der Waals surface area contributed by atoms with Crippen LogP contribution in [0.4, 0.5) is 0 Å². The van der Waals surface area contributed by atoms with Gasteiger partial charge in [-0.1, -0.05) is 20.8 Å². The molecular formula is C9H17NO3. The van der Waals surface area contributed by atoms with Gasteiger partial charge in [-0.2, -0.15) is 0 Å². The van der Waals surface area contributed by atoms with Crippen molar-refractivity contribution in [1.29, 1.82) is 0 Å². The lowest BCUT2D eigenvalue weighted by atomic mass is 9.88. The van der Waals surface area contributed by atoms with Crippen LogP contribution in [0.3, 0.4) is 0 Å². The standard InChI is InChI=1S/C9H17NO3/c1-5-7(11)10-9(4,6(2)3)8(12)13/h6H,5H2,1-4H3,(H,10,11)(H,12,13). The third kappa shape index (κ3) is 2.72. The largest absolute Gasteiger partial charge is 0.480 e. The van der Waals surface area contributed by atoms with Crippen LogP contribution >= 0.6 is 0 Å². The minimum Gasteiger partial charge on any atom is -0.480 e. The number of aliphatic carboxylic acids is 1. The Balaban J connectivity index is 4.61. The van der Waals surface area contributed by atoms with Crippen molar-refractivity contribution in [2.45, 2.75) is 39.7 Å². The molecule has 1 atom stereocenters. The van der Waals surface area contributed by atoms with E-state index >= 15 is 0 Å². The molecule has 0 bridgehead atoms. The number of carboxylic acids is 1. The molecule has 0 rings (SSSR count). The zero-order chi connectivity index (χ0) is 10.6. The van der Waals surface area contributed by atoms with E-state index in [2.05, 4.69) is 5.32 Å². The number of rotatable bonds is 4. The van der Waals surface area contributed by atoms with Gasteiger partial charge in [-0.05, 0) is 12.8 Å². The first kappa shape index (κ1) is 11.9. The van der Waals surface area contributed by atoms with Crippen LogP contribution in [0.15, 0.2) is 0 Å². The van der Waals surface area contributed by atoms with E-state index in [4.69, 9.17) is 5.11 Å². The summed E-state index contributed by atoms with van der Waals surface area (Å²) in [6.45, 7) is 6.75. The number of carbonyl (C=O) groups excluding carboxylic acids is 1. The fraction of sp³-hybridized carbons (Fsp3) is 0.778. The van der Waals surface area contributed by atoms with Crippen molar-refractivity contribution >= 4 is 11.9 Å². The van der Waals surface area contributed by atoms with Gasteiger partial charge < -0.3 is 10.4 Å². The highest BCUT2D eigenvalue weighted by atomic mass is 16.4. The second kappa shape index (κ2) is 4.25. The lowest BCUT2D eigenvalue weighted by Crippen LogP contribution is -2.55. The SMILES string of the molecule is CCC(=O)NC(C)(C(=O)O)C(C)C. The maximum absolute atomic E-state index is 11.1. The first-order chi connectivity index (χ1) is 5.84. The summed E-state index contributed by atoms with van der Waals surface area (Å²) in [4.78, 5) is 22.0. The highest BCUT2D eigenvalue weighted by molar-refractivity contribution is 5.86. The minimum atomic E-state index is -1.16. The van der Waals surface area contributed by atoms with Gasteiger partial charge >= 0.3 is 5.97 Å². The fourth-order valence-corrected chi connectivity index (χ4v) is 0.823. The van der Waals surface area contributed by atoms with Gasteiger partial charge in [0.05, 0.1) is 0 Å². The molecule has 0 saturated carbocycles. The third-order valence-corrected chi connectivity index (χ3v) is 2.32. The van der Waals surface area contributed by atoms with Crippen molar-refractivity contribution in [3.63, 3.8) is 0 Å². The molecule has 0 aliphatic carbocycles. The minimum absolute atomic E-state index is 0.138. The molecule has 0 aromatic heterocycles. The first-order valence-electron chi connectivity index (χ1n) is 4.39. The van der Waals surface area contributed by atoms with Crippen LogP contribution in [0.1, 0.15) is 34.1 Å². The third-order valence-electron chi connectivity index (χ3n) is 2.32. The van der Waals surface area contributed by atoms with Gasteiger partial charge in [-0.3, -0.25) is 4.79 Å². The summed E-state index contributed by atoms with van der Waals surface area (Å²) in [5.74, 6) is -1.37. The maximum atomic E-state index is 11.1. The van der Waals surface area contributed by atoms with Crippen LogP contribution in [0.5, 0.6) is 0 Å². The average molecular weight is 187 g/mol. The van der Waals surface area contributed by atoms with Gasteiger partial charge in [0.1, 0.15) is 5.54 Å². The molecular weight excluding hydrogens is 170 g/mol. The number of amides is 1. The summed E-state index contributed by atoms with van der Waals surface area (Å²) < 4.78 is 0. The molecule has 2 N–H and O–H groups in total. The van der Waals surface area contributed by atoms with Crippen LogP contribution in [0.25, 0.3) is 0 Å². The summed E-state index contributed by atoms with van der Waals surface area (Å²) >= 11 is 0.